The second-order valence-electron chi connectivity index (χ2n) is 1.94. The smallest absolute Gasteiger partial charge is 0.432 e. The van der Waals surface area contributed by atoms with Gasteiger partial charge < -0.3 is 4.74 Å². The van der Waals surface area contributed by atoms with Gasteiger partial charge in [-0.25, -0.2) is 4.79 Å². The van der Waals surface area contributed by atoms with E-state index >= 15 is 0 Å². The van der Waals surface area contributed by atoms with Gasteiger partial charge in [-0.2, -0.15) is 0 Å². The van der Waals surface area contributed by atoms with E-state index in [-0.39, 0.29) is 35.5 Å². The van der Waals surface area contributed by atoms with Crippen LogP contribution in [0.15, 0.2) is 43.2 Å². The van der Waals surface area contributed by atoms with E-state index < -0.39 is 0 Å². The Bertz CT molecular complexity index is 256. The molecule has 0 aliphatic carbocycles. The van der Waals surface area contributed by atoms with E-state index in [1.807, 2.05) is 6.07 Å². The van der Waals surface area contributed by atoms with Gasteiger partial charge in [0, 0.05) is 0 Å². The third kappa shape index (κ3) is 3.22. The molecule has 0 heterocycles. The summed E-state index contributed by atoms with van der Waals surface area (Å²) < 4.78 is 4.55. The van der Waals surface area contributed by atoms with Crippen LogP contribution in [0, 0.1) is 0 Å². The molecule has 1 aromatic rings. The summed E-state index contributed by atoms with van der Waals surface area (Å²) in [4.78, 5) is 11.0. The molecular weight excluding hydrogens is 163 g/mol. The number of carbonyl (C=O) groups is 1. The Morgan fingerprint density at radius 1 is 1.33 bits per heavy atom. The molecule has 0 radical (unpaired) electrons. The molecule has 56 valence electrons. The summed E-state index contributed by atoms with van der Waals surface area (Å²) in [5.41, 5.74) is 0.535. The van der Waals surface area contributed by atoms with E-state index in [9.17, 15) is 4.79 Å². The zero-order valence-electron chi connectivity index (χ0n) is 6.99. The van der Waals surface area contributed by atoms with E-state index in [2.05, 4.69) is 11.3 Å². The molecule has 3 heteroatoms. The van der Waals surface area contributed by atoms with Crippen molar-refractivity contribution in [3.8, 4) is 0 Å². The molecule has 0 bridgehead atoms. The first-order valence-corrected chi connectivity index (χ1v) is 3.21. The Kier molecular flexibility index (Phi) is 5.72. The van der Waals surface area contributed by atoms with Crippen LogP contribution in [0.5, 0.6) is 0 Å². The van der Waals surface area contributed by atoms with E-state index in [0.29, 0.717) is 5.56 Å². The van der Waals surface area contributed by atoms with E-state index in [4.69, 9.17) is 0 Å². The van der Waals surface area contributed by atoms with Crippen LogP contribution in [-0.2, 0) is 4.74 Å². The number of hydrogen-bond donors (Lipinski definition) is 0. The minimum Gasteiger partial charge on any atom is -0.432 e. The minimum absolute atomic E-state index is 0. The van der Waals surface area contributed by atoms with Gasteiger partial charge in [0.15, 0.2) is 0 Å². The number of esters is 1. The molecule has 0 aliphatic rings. The molecule has 0 aliphatic heterocycles. The topological polar surface area (TPSA) is 26.3 Å². The van der Waals surface area contributed by atoms with Gasteiger partial charge in [-0.1, -0.05) is 24.8 Å². The van der Waals surface area contributed by atoms with Crippen molar-refractivity contribution < 1.29 is 39.1 Å². The number of carbonyl (C=O) groups excluding carboxylic acids is 1. The second-order valence-corrected chi connectivity index (χ2v) is 1.94. The predicted octanol–water partition coefficient (Wildman–Crippen LogP) is -1.01. The molecule has 1 aromatic carbocycles. The Morgan fingerprint density at radius 2 is 1.92 bits per heavy atom. The van der Waals surface area contributed by atoms with Crippen LogP contribution in [-0.4, -0.2) is 5.97 Å². The van der Waals surface area contributed by atoms with Crippen molar-refractivity contribution in [2.45, 2.75) is 0 Å². The standard InChI is InChI=1S/C9H8O2.Na/c1-2-11-9(10)8-6-4-3-5-7-8;/h2-7H,1H2;/q;+1. The molecule has 0 fully saturated rings. The molecule has 0 spiro atoms. The molecular formula is C9H8NaO2+. The van der Waals surface area contributed by atoms with Crippen LogP contribution in [0.4, 0.5) is 0 Å². The van der Waals surface area contributed by atoms with Crippen LogP contribution >= 0.6 is 0 Å². The zero-order chi connectivity index (χ0) is 8.10. The van der Waals surface area contributed by atoms with Crippen molar-refractivity contribution in [3.63, 3.8) is 0 Å². The minimum atomic E-state index is -0.374. The van der Waals surface area contributed by atoms with Crippen molar-refractivity contribution in [3.05, 3.63) is 48.7 Å². The normalized spacial score (nSPS) is 8.00. The largest absolute Gasteiger partial charge is 1.00 e. The fraction of sp³-hybridized carbons (Fsp3) is 0. The van der Waals surface area contributed by atoms with Gasteiger partial charge in [-0.3, -0.25) is 0 Å². The Morgan fingerprint density at radius 3 is 2.42 bits per heavy atom. The van der Waals surface area contributed by atoms with Gasteiger partial charge in [0.2, 0.25) is 0 Å². The molecule has 2 nitrogen and oxygen atoms in total. The zero-order valence-corrected chi connectivity index (χ0v) is 8.99. The first-order valence-electron chi connectivity index (χ1n) is 3.21. The molecule has 0 N–H and O–H groups in total. The Labute approximate surface area is 93.5 Å². The maximum absolute atomic E-state index is 11.0. The average molecular weight is 171 g/mol. The maximum Gasteiger partial charge on any atom is 1.00 e. The molecule has 0 saturated carbocycles. The van der Waals surface area contributed by atoms with Crippen molar-refractivity contribution in [2.75, 3.05) is 0 Å². The van der Waals surface area contributed by atoms with Crippen molar-refractivity contribution in [1.29, 1.82) is 0 Å². The second kappa shape index (κ2) is 6.00. The van der Waals surface area contributed by atoms with Gasteiger partial charge in [-0.05, 0) is 12.1 Å². The van der Waals surface area contributed by atoms with Gasteiger partial charge in [-0.15, -0.1) is 0 Å². The summed E-state index contributed by atoms with van der Waals surface area (Å²) in [6.07, 6.45) is 1.12. The number of ether oxygens (including phenoxy) is 1. The Hall–Kier alpha value is -0.570. The molecule has 0 saturated heterocycles. The van der Waals surface area contributed by atoms with Crippen LogP contribution in [0.25, 0.3) is 0 Å². The van der Waals surface area contributed by atoms with Crippen LogP contribution in [0.2, 0.25) is 0 Å². The molecule has 0 unspecified atom stereocenters. The average Bonchev–Trinajstić information content (AvgIpc) is 2.07. The molecule has 0 atom stereocenters. The summed E-state index contributed by atoms with van der Waals surface area (Å²) in [5.74, 6) is -0.374. The van der Waals surface area contributed by atoms with Crippen molar-refractivity contribution in [1.82, 2.24) is 0 Å². The quantitative estimate of drug-likeness (QED) is 0.324. The summed E-state index contributed by atoms with van der Waals surface area (Å²) >= 11 is 0. The van der Waals surface area contributed by atoms with Crippen molar-refractivity contribution >= 4 is 5.97 Å². The van der Waals surface area contributed by atoms with Gasteiger partial charge in [0.25, 0.3) is 0 Å². The fourth-order valence-electron chi connectivity index (χ4n) is 0.718. The van der Waals surface area contributed by atoms with Crippen LogP contribution in [0.1, 0.15) is 10.4 Å². The summed E-state index contributed by atoms with van der Waals surface area (Å²) in [6.45, 7) is 3.28. The predicted molar refractivity (Wildman–Crippen MR) is 42.1 cm³/mol. The number of rotatable bonds is 2. The molecule has 0 aromatic heterocycles. The summed E-state index contributed by atoms with van der Waals surface area (Å²) in [6, 6.07) is 8.77. The van der Waals surface area contributed by atoms with Gasteiger partial charge in [0.1, 0.15) is 0 Å². The molecule has 1 rings (SSSR count). The summed E-state index contributed by atoms with van der Waals surface area (Å²) in [7, 11) is 0. The Balaban J connectivity index is 0.00000121. The molecule has 0 amide bonds. The first-order chi connectivity index (χ1) is 5.34. The number of hydrogen-bond acceptors (Lipinski definition) is 2. The third-order valence-electron chi connectivity index (χ3n) is 1.20. The maximum atomic E-state index is 11.0. The first kappa shape index (κ1) is 11.4. The van der Waals surface area contributed by atoms with E-state index in [1.54, 1.807) is 24.3 Å². The van der Waals surface area contributed by atoms with Crippen LogP contribution < -0.4 is 29.6 Å². The SMILES string of the molecule is C=COC(=O)c1ccccc1.[Na+]. The van der Waals surface area contributed by atoms with Gasteiger partial charge in [0.05, 0.1) is 11.8 Å². The van der Waals surface area contributed by atoms with Crippen molar-refractivity contribution in [2.24, 2.45) is 0 Å². The fourth-order valence-corrected chi connectivity index (χ4v) is 0.718. The summed E-state index contributed by atoms with van der Waals surface area (Å²) in [5, 5.41) is 0. The van der Waals surface area contributed by atoms with E-state index in [0.717, 1.165) is 6.26 Å². The van der Waals surface area contributed by atoms with Crippen LogP contribution in [0.3, 0.4) is 0 Å². The number of benzene rings is 1. The van der Waals surface area contributed by atoms with Gasteiger partial charge >= 0.3 is 35.5 Å². The van der Waals surface area contributed by atoms with E-state index in [1.165, 1.54) is 0 Å². The monoisotopic (exact) mass is 171 g/mol. The third-order valence-corrected chi connectivity index (χ3v) is 1.20. The molecule has 12 heavy (non-hydrogen) atoms.